The summed E-state index contributed by atoms with van der Waals surface area (Å²) in [6.07, 6.45) is 0.643. The number of urea groups is 1. The second-order valence-electron chi connectivity index (χ2n) is 9.81. The molecule has 0 aromatic heterocycles. The SMILES string of the molecule is CC(C)(C)CCN1C(=O)C(NC(=O)Nc2ccccc2)C(=O)N(c2ccccc2F)c2ccccc21. The minimum atomic E-state index is -1.57. The van der Waals surface area contributed by atoms with Crippen molar-refractivity contribution in [1.82, 2.24) is 5.32 Å². The van der Waals surface area contributed by atoms with E-state index < -0.39 is 29.7 Å². The zero-order valence-electron chi connectivity index (χ0n) is 20.5. The fourth-order valence-electron chi connectivity index (χ4n) is 4.01. The molecule has 0 fully saturated rings. The Bertz CT molecular complexity index is 1270. The standard InChI is InChI=1S/C28H29FN4O3/c1-28(2,3)17-18-32-22-15-9-10-16-23(22)33(21-14-8-7-13-20(21)29)26(35)24(25(32)34)31-27(36)30-19-11-5-4-6-12-19/h4-16,24H,17-18H2,1-3H3,(H2,30,31,36). The van der Waals surface area contributed by atoms with Crippen LogP contribution in [-0.2, 0) is 9.59 Å². The quantitative estimate of drug-likeness (QED) is 0.468. The molecule has 0 saturated carbocycles. The van der Waals surface area contributed by atoms with Gasteiger partial charge in [-0.05, 0) is 48.2 Å². The minimum Gasteiger partial charge on any atom is -0.318 e. The number of rotatable bonds is 5. The molecule has 4 amide bonds. The van der Waals surface area contributed by atoms with Gasteiger partial charge >= 0.3 is 6.03 Å². The summed E-state index contributed by atoms with van der Waals surface area (Å²) in [5.74, 6) is -1.96. The van der Waals surface area contributed by atoms with Gasteiger partial charge in [0.25, 0.3) is 11.8 Å². The number of para-hydroxylation sites is 4. The zero-order chi connectivity index (χ0) is 25.9. The summed E-state index contributed by atoms with van der Waals surface area (Å²) in [7, 11) is 0. The highest BCUT2D eigenvalue weighted by Gasteiger charge is 2.42. The van der Waals surface area contributed by atoms with Crippen molar-refractivity contribution < 1.29 is 18.8 Å². The molecule has 7 nitrogen and oxygen atoms in total. The summed E-state index contributed by atoms with van der Waals surface area (Å²) in [4.78, 5) is 43.2. The van der Waals surface area contributed by atoms with Gasteiger partial charge in [0.2, 0.25) is 0 Å². The molecular weight excluding hydrogens is 459 g/mol. The van der Waals surface area contributed by atoms with Crippen LogP contribution >= 0.6 is 0 Å². The van der Waals surface area contributed by atoms with Crippen LogP contribution in [0.25, 0.3) is 0 Å². The van der Waals surface area contributed by atoms with E-state index in [1.165, 1.54) is 28.0 Å². The molecule has 0 aliphatic carbocycles. The van der Waals surface area contributed by atoms with Gasteiger partial charge in [0.15, 0.2) is 6.04 Å². The monoisotopic (exact) mass is 488 g/mol. The second-order valence-corrected chi connectivity index (χ2v) is 9.81. The molecule has 1 aliphatic rings. The number of carbonyl (C=O) groups excluding carboxylic acids is 3. The maximum absolute atomic E-state index is 15.0. The van der Waals surface area contributed by atoms with Crippen molar-refractivity contribution in [1.29, 1.82) is 0 Å². The van der Waals surface area contributed by atoms with Crippen molar-refractivity contribution >= 4 is 40.6 Å². The number of anilines is 4. The number of amides is 4. The van der Waals surface area contributed by atoms with Gasteiger partial charge in [-0.2, -0.15) is 0 Å². The van der Waals surface area contributed by atoms with Gasteiger partial charge in [-0.3, -0.25) is 14.5 Å². The van der Waals surface area contributed by atoms with E-state index in [1.54, 1.807) is 60.7 Å². The van der Waals surface area contributed by atoms with E-state index in [1.807, 2.05) is 0 Å². The lowest BCUT2D eigenvalue weighted by molar-refractivity contribution is -0.128. The van der Waals surface area contributed by atoms with E-state index in [0.717, 1.165) is 0 Å². The summed E-state index contributed by atoms with van der Waals surface area (Å²) in [5.41, 5.74) is 1.24. The Morgan fingerprint density at radius 2 is 1.42 bits per heavy atom. The molecule has 3 aromatic carbocycles. The third-order valence-corrected chi connectivity index (χ3v) is 5.88. The molecule has 1 aliphatic heterocycles. The summed E-state index contributed by atoms with van der Waals surface area (Å²) >= 11 is 0. The van der Waals surface area contributed by atoms with E-state index in [4.69, 9.17) is 0 Å². The number of halogens is 1. The molecule has 0 bridgehead atoms. The van der Waals surface area contributed by atoms with Crippen molar-refractivity contribution in [3.8, 4) is 0 Å². The van der Waals surface area contributed by atoms with Gasteiger partial charge in [0.05, 0.1) is 17.1 Å². The van der Waals surface area contributed by atoms with Crippen LogP contribution in [-0.4, -0.2) is 30.4 Å². The van der Waals surface area contributed by atoms with Crippen molar-refractivity contribution in [2.45, 2.75) is 33.2 Å². The molecule has 3 aromatic rings. The van der Waals surface area contributed by atoms with Crippen LogP contribution in [0.5, 0.6) is 0 Å². The molecule has 1 unspecified atom stereocenters. The molecular formula is C28H29FN4O3. The van der Waals surface area contributed by atoms with Crippen LogP contribution < -0.4 is 20.4 Å². The van der Waals surface area contributed by atoms with E-state index in [0.29, 0.717) is 30.0 Å². The Kier molecular flexibility index (Phi) is 7.05. The zero-order valence-corrected chi connectivity index (χ0v) is 20.5. The molecule has 4 rings (SSSR count). The number of nitrogens with one attached hydrogen (secondary N) is 2. The number of hydrogen-bond donors (Lipinski definition) is 2. The van der Waals surface area contributed by atoms with Gasteiger partial charge < -0.3 is 15.5 Å². The molecule has 0 spiro atoms. The Morgan fingerprint density at radius 3 is 2.06 bits per heavy atom. The first-order chi connectivity index (χ1) is 17.2. The normalized spacial score (nSPS) is 15.8. The van der Waals surface area contributed by atoms with E-state index in [2.05, 4.69) is 31.4 Å². The third kappa shape index (κ3) is 5.38. The van der Waals surface area contributed by atoms with Crippen LogP contribution in [0.15, 0.2) is 78.9 Å². The maximum Gasteiger partial charge on any atom is 0.320 e. The summed E-state index contributed by atoms with van der Waals surface area (Å²) in [6.45, 7) is 6.49. The Labute approximate surface area is 209 Å². The predicted molar refractivity (Wildman–Crippen MR) is 139 cm³/mol. The lowest BCUT2D eigenvalue weighted by Crippen LogP contribution is -2.56. The molecule has 8 heteroatoms. The molecule has 2 N–H and O–H groups in total. The highest BCUT2D eigenvalue weighted by Crippen LogP contribution is 2.39. The Balaban J connectivity index is 1.78. The number of fused-ring (bicyclic) bond motifs is 1. The van der Waals surface area contributed by atoms with Crippen molar-refractivity contribution in [2.75, 3.05) is 21.7 Å². The minimum absolute atomic E-state index is 0.00399. The predicted octanol–water partition coefficient (Wildman–Crippen LogP) is 5.46. The average Bonchev–Trinajstić information content (AvgIpc) is 2.92. The number of nitrogens with zero attached hydrogens (tertiary/aromatic N) is 2. The summed E-state index contributed by atoms with van der Waals surface area (Å²) in [6, 6.07) is 19.1. The molecule has 36 heavy (non-hydrogen) atoms. The smallest absolute Gasteiger partial charge is 0.318 e. The van der Waals surface area contributed by atoms with E-state index in [9.17, 15) is 18.8 Å². The fourth-order valence-corrected chi connectivity index (χ4v) is 4.01. The van der Waals surface area contributed by atoms with E-state index in [-0.39, 0.29) is 11.1 Å². The van der Waals surface area contributed by atoms with Crippen LogP contribution in [0.3, 0.4) is 0 Å². The topological polar surface area (TPSA) is 81.8 Å². The summed E-state index contributed by atoms with van der Waals surface area (Å²) in [5, 5.41) is 5.18. The van der Waals surface area contributed by atoms with E-state index >= 15 is 0 Å². The van der Waals surface area contributed by atoms with Gasteiger partial charge in [0.1, 0.15) is 5.82 Å². The van der Waals surface area contributed by atoms with Gasteiger partial charge in [0, 0.05) is 12.2 Å². The van der Waals surface area contributed by atoms with Crippen molar-refractivity contribution in [3.05, 3.63) is 84.7 Å². The lowest BCUT2D eigenvalue weighted by Gasteiger charge is -2.28. The highest BCUT2D eigenvalue weighted by molar-refractivity contribution is 6.24. The third-order valence-electron chi connectivity index (χ3n) is 5.88. The first kappa shape index (κ1) is 24.9. The first-order valence-electron chi connectivity index (χ1n) is 11.8. The largest absolute Gasteiger partial charge is 0.320 e. The molecule has 0 radical (unpaired) electrons. The van der Waals surface area contributed by atoms with Crippen molar-refractivity contribution in [3.63, 3.8) is 0 Å². The molecule has 0 saturated heterocycles. The number of benzene rings is 3. The second kappa shape index (κ2) is 10.2. The van der Waals surface area contributed by atoms with Crippen LogP contribution in [0.2, 0.25) is 0 Å². The average molecular weight is 489 g/mol. The number of hydrogen-bond acceptors (Lipinski definition) is 3. The van der Waals surface area contributed by atoms with Crippen molar-refractivity contribution in [2.24, 2.45) is 5.41 Å². The molecule has 186 valence electrons. The van der Waals surface area contributed by atoms with Crippen LogP contribution in [0.4, 0.5) is 31.9 Å². The Morgan fingerprint density at radius 1 is 0.833 bits per heavy atom. The fraction of sp³-hybridized carbons (Fsp3) is 0.250. The van der Waals surface area contributed by atoms with Gasteiger partial charge in [-0.15, -0.1) is 0 Å². The van der Waals surface area contributed by atoms with Gasteiger partial charge in [-0.25, -0.2) is 9.18 Å². The molecule has 1 heterocycles. The van der Waals surface area contributed by atoms with Crippen LogP contribution in [0.1, 0.15) is 27.2 Å². The summed E-state index contributed by atoms with van der Waals surface area (Å²) < 4.78 is 15.0. The number of carbonyl (C=O) groups is 3. The molecule has 1 atom stereocenters. The van der Waals surface area contributed by atoms with Crippen LogP contribution in [0, 0.1) is 11.2 Å². The lowest BCUT2D eigenvalue weighted by atomic mass is 9.92. The maximum atomic E-state index is 15.0. The Hall–Kier alpha value is -4.20. The first-order valence-corrected chi connectivity index (χ1v) is 11.8. The van der Waals surface area contributed by atoms with Gasteiger partial charge in [-0.1, -0.05) is 63.2 Å². The highest BCUT2D eigenvalue weighted by atomic mass is 19.1.